The highest BCUT2D eigenvalue weighted by molar-refractivity contribution is 5.88. The number of aryl methyl sites for hydroxylation is 1. The van der Waals surface area contributed by atoms with E-state index in [2.05, 4.69) is 40.1 Å². The molecule has 0 aliphatic heterocycles. The van der Waals surface area contributed by atoms with Crippen molar-refractivity contribution < 1.29 is 5.11 Å². The molecular formula is C22H23N5O. The van der Waals surface area contributed by atoms with Gasteiger partial charge in [-0.3, -0.25) is 4.98 Å². The fraction of sp³-hybridized carbons (Fsp3) is 0.227. The molecule has 4 rings (SSSR count). The van der Waals surface area contributed by atoms with Crippen LogP contribution in [0, 0.1) is 6.92 Å². The molecule has 0 spiro atoms. The molecule has 0 saturated heterocycles. The molecule has 1 aromatic carbocycles. The molecule has 142 valence electrons. The van der Waals surface area contributed by atoms with Crippen molar-refractivity contribution >= 4 is 16.6 Å². The van der Waals surface area contributed by atoms with E-state index in [1.54, 1.807) is 17.1 Å². The predicted octanol–water partition coefficient (Wildman–Crippen LogP) is 3.39. The van der Waals surface area contributed by atoms with Crippen LogP contribution in [0.5, 0.6) is 0 Å². The fourth-order valence-corrected chi connectivity index (χ4v) is 3.43. The van der Waals surface area contributed by atoms with Crippen molar-refractivity contribution in [2.45, 2.75) is 13.3 Å². The average molecular weight is 373 g/mol. The molecule has 3 heterocycles. The Hall–Kier alpha value is -3.25. The fourth-order valence-electron chi connectivity index (χ4n) is 3.43. The van der Waals surface area contributed by atoms with Crippen molar-refractivity contribution in [3.05, 3.63) is 66.1 Å². The summed E-state index contributed by atoms with van der Waals surface area (Å²) in [5.41, 5.74) is 6.11. The highest BCUT2D eigenvalue weighted by Gasteiger charge is 2.13. The summed E-state index contributed by atoms with van der Waals surface area (Å²) in [4.78, 5) is 11.6. The minimum Gasteiger partial charge on any atom is -0.396 e. The summed E-state index contributed by atoms with van der Waals surface area (Å²) in [7, 11) is 4.08. The van der Waals surface area contributed by atoms with Crippen molar-refractivity contribution in [3.8, 4) is 17.1 Å². The molecule has 0 atom stereocenters. The quantitative estimate of drug-likeness (QED) is 0.581. The third-order valence-electron chi connectivity index (χ3n) is 4.81. The van der Waals surface area contributed by atoms with E-state index in [0.717, 1.165) is 33.5 Å². The molecule has 0 fully saturated rings. The molecule has 0 unspecified atom stereocenters. The SMILES string of the molecule is Cc1cc(-c2cc3ncccc3c(-n3cc(CCO)cn3)n2)ccc1N(C)C. The number of rotatable bonds is 5. The first-order chi connectivity index (χ1) is 13.6. The predicted molar refractivity (Wildman–Crippen MR) is 112 cm³/mol. The molecule has 6 heteroatoms. The first kappa shape index (κ1) is 18.1. The van der Waals surface area contributed by atoms with Gasteiger partial charge in [0.15, 0.2) is 5.82 Å². The zero-order valence-corrected chi connectivity index (χ0v) is 16.3. The first-order valence-electron chi connectivity index (χ1n) is 9.25. The molecular weight excluding hydrogens is 350 g/mol. The molecule has 3 aromatic heterocycles. The summed E-state index contributed by atoms with van der Waals surface area (Å²) >= 11 is 0. The van der Waals surface area contributed by atoms with Crippen molar-refractivity contribution in [1.29, 1.82) is 0 Å². The van der Waals surface area contributed by atoms with E-state index in [1.807, 2.05) is 38.5 Å². The number of pyridine rings is 2. The van der Waals surface area contributed by atoms with Gasteiger partial charge >= 0.3 is 0 Å². The van der Waals surface area contributed by atoms with E-state index in [9.17, 15) is 5.11 Å². The van der Waals surface area contributed by atoms with E-state index in [4.69, 9.17) is 4.98 Å². The Bertz CT molecular complexity index is 1130. The van der Waals surface area contributed by atoms with Crippen LogP contribution in [0.1, 0.15) is 11.1 Å². The second-order valence-electron chi connectivity index (χ2n) is 7.06. The number of hydrogen-bond donors (Lipinski definition) is 1. The number of aliphatic hydroxyl groups is 1. The number of benzene rings is 1. The normalized spacial score (nSPS) is 11.1. The number of aromatic nitrogens is 4. The molecule has 0 aliphatic rings. The lowest BCUT2D eigenvalue weighted by Crippen LogP contribution is -2.10. The smallest absolute Gasteiger partial charge is 0.163 e. The van der Waals surface area contributed by atoms with E-state index >= 15 is 0 Å². The van der Waals surface area contributed by atoms with Crippen LogP contribution in [0.3, 0.4) is 0 Å². The Morgan fingerprint density at radius 2 is 2.00 bits per heavy atom. The first-order valence-corrected chi connectivity index (χ1v) is 9.25. The van der Waals surface area contributed by atoms with Crippen LogP contribution in [-0.4, -0.2) is 45.6 Å². The standard InChI is InChI=1S/C22H23N5O/c1-15-11-17(6-7-21(15)26(2)3)19-12-20-18(5-4-9-23-20)22(25-19)27-14-16(8-10-28)13-24-27/h4-7,9,11-14,28H,8,10H2,1-3H3. The van der Waals surface area contributed by atoms with Crippen molar-refractivity contribution in [1.82, 2.24) is 19.7 Å². The lowest BCUT2D eigenvalue weighted by atomic mass is 10.0. The maximum atomic E-state index is 9.19. The van der Waals surface area contributed by atoms with Gasteiger partial charge < -0.3 is 10.0 Å². The molecule has 0 bridgehead atoms. The Morgan fingerprint density at radius 3 is 2.75 bits per heavy atom. The Kier molecular flexibility index (Phi) is 4.79. The third-order valence-corrected chi connectivity index (χ3v) is 4.81. The van der Waals surface area contributed by atoms with Gasteiger partial charge in [-0.05, 0) is 54.8 Å². The van der Waals surface area contributed by atoms with Gasteiger partial charge in [0.2, 0.25) is 0 Å². The zero-order valence-electron chi connectivity index (χ0n) is 16.3. The van der Waals surface area contributed by atoms with Gasteiger partial charge in [0, 0.05) is 49.7 Å². The number of fused-ring (bicyclic) bond motifs is 1. The lowest BCUT2D eigenvalue weighted by Gasteiger charge is -2.16. The Balaban J connectivity index is 1.87. The highest BCUT2D eigenvalue weighted by Crippen LogP contribution is 2.29. The monoisotopic (exact) mass is 373 g/mol. The molecule has 0 saturated carbocycles. The van der Waals surface area contributed by atoms with Gasteiger partial charge in [-0.25, -0.2) is 9.67 Å². The van der Waals surface area contributed by atoms with Crippen molar-refractivity contribution in [2.75, 3.05) is 25.6 Å². The minimum atomic E-state index is 0.0962. The van der Waals surface area contributed by atoms with Crippen LogP contribution in [0.2, 0.25) is 0 Å². The molecule has 1 N–H and O–H groups in total. The van der Waals surface area contributed by atoms with Crippen LogP contribution >= 0.6 is 0 Å². The molecule has 6 nitrogen and oxygen atoms in total. The zero-order chi connectivity index (χ0) is 19.7. The van der Waals surface area contributed by atoms with Crippen LogP contribution in [0.15, 0.2) is 55.0 Å². The Morgan fingerprint density at radius 1 is 1.14 bits per heavy atom. The topological polar surface area (TPSA) is 67.1 Å². The van der Waals surface area contributed by atoms with Gasteiger partial charge in [0.1, 0.15) is 0 Å². The number of aliphatic hydroxyl groups excluding tert-OH is 1. The third kappa shape index (κ3) is 3.34. The largest absolute Gasteiger partial charge is 0.396 e. The molecule has 28 heavy (non-hydrogen) atoms. The summed E-state index contributed by atoms with van der Waals surface area (Å²) in [6, 6.07) is 12.3. The average Bonchev–Trinajstić information content (AvgIpc) is 3.15. The Labute approximate surface area is 164 Å². The summed E-state index contributed by atoms with van der Waals surface area (Å²) in [6.45, 7) is 2.20. The second-order valence-corrected chi connectivity index (χ2v) is 7.06. The van der Waals surface area contributed by atoms with Gasteiger partial charge in [0.05, 0.1) is 17.4 Å². The molecule has 4 aromatic rings. The minimum absolute atomic E-state index is 0.0962. The van der Waals surface area contributed by atoms with Crippen LogP contribution in [0.4, 0.5) is 5.69 Å². The van der Waals surface area contributed by atoms with E-state index in [-0.39, 0.29) is 6.61 Å². The molecule has 0 aliphatic carbocycles. The van der Waals surface area contributed by atoms with E-state index < -0.39 is 0 Å². The van der Waals surface area contributed by atoms with Gasteiger partial charge in [-0.2, -0.15) is 5.10 Å². The van der Waals surface area contributed by atoms with Crippen LogP contribution in [0.25, 0.3) is 28.0 Å². The van der Waals surface area contributed by atoms with Crippen LogP contribution in [-0.2, 0) is 6.42 Å². The summed E-state index contributed by atoms with van der Waals surface area (Å²) in [5, 5.41) is 14.6. The summed E-state index contributed by atoms with van der Waals surface area (Å²) < 4.78 is 1.76. The second kappa shape index (κ2) is 7.40. The summed E-state index contributed by atoms with van der Waals surface area (Å²) in [6.07, 6.45) is 6.04. The highest BCUT2D eigenvalue weighted by atomic mass is 16.2. The lowest BCUT2D eigenvalue weighted by molar-refractivity contribution is 0.299. The molecule has 0 radical (unpaired) electrons. The maximum Gasteiger partial charge on any atom is 0.163 e. The number of nitrogens with zero attached hydrogens (tertiary/aromatic N) is 5. The van der Waals surface area contributed by atoms with E-state index in [1.165, 1.54) is 11.3 Å². The van der Waals surface area contributed by atoms with Gasteiger partial charge in [0.25, 0.3) is 0 Å². The summed E-state index contributed by atoms with van der Waals surface area (Å²) in [5.74, 6) is 0.735. The number of anilines is 1. The van der Waals surface area contributed by atoms with Crippen molar-refractivity contribution in [2.24, 2.45) is 0 Å². The van der Waals surface area contributed by atoms with E-state index in [0.29, 0.717) is 6.42 Å². The van der Waals surface area contributed by atoms with Crippen LogP contribution < -0.4 is 4.90 Å². The molecule has 0 amide bonds. The van der Waals surface area contributed by atoms with Gasteiger partial charge in [-0.15, -0.1) is 0 Å². The van der Waals surface area contributed by atoms with Crippen molar-refractivity contribution in [3.63, 3.8) is 0 Å². The van der Waals surface area contributed by atoms with Gasteiger partial charge in [-0.1, -0.05) is 6.07 Å². The number of hydrogen-bond acceptors (Lipinski definition) is 5. The maximum absolute atomic E-state index is 9.19.